The van der Waals surface area contributed by atoms with E-state index in [1.165, 1.54) is 4.88 Å². The Hall–Kier alpha value is -1.17. The zero-order chi connectivity index (χ0) is 13.1. The first-order chi connectivity index (χ1) is 8.58. The highest BCUT2D eigenvalue weighted by Gasteiger charge is 2.08. The van der Waals surface area contributed by atoms with Crippen LogP contribution in [0, 0.1) is 6.92 Å². The van der Waals surface area contributed by atoms with Crippen LogP contribution in [0.2, 0.25) is 4.34 Å². The lowest BCUT2D eigenvalue weighted by atomic mass is 10.3. The number of rotatable bonds is 4. The van der Waals surface area contributed by atoms with E-state index in [2.05, 4.69) is 9.97 Å². The molecular weight excluding hydrogens is 268 g/mol. The van der Waals surface area contributed by atoms with Gasteiger partial charge in [0.2, 0.25) is 5.95 Å². The first kappa shape index (κ1) is 13.3. The molecule has 0 aromatic carbocycles. The summed E-state index contributed by atoms with van der Waals surface area (Å²) >= 11 is 7.48. The molecule has 2 rings (SSSR count). The van der Waals surface area contributed by atoms with Crippen molar-refractivity contribution in [3.63, 3.8) is 0 Å². The number of nitrogens with zero attached hydrogens (tertiary/aromatic N) is 3. The molecule has 0 fully saturated rings. The molecule has 0 aliphatic heterocycles. The summed E-state index contributed by atoms with van der Waals surface area (Å²) < 4.78 is 0.797. The van der Waals surface area contributed by atoms with Crippen LogP contribution in [-0.2, 0) is 13.1 Å². The predicted molar refractivity (Wildman–Crippen MR) is 76.1 cm³/mol. The summed E-state index contributed by atoms with van der Waals surface area (Å²) in [6.45, 7) is 3.11. The largest absolute Gasteiger partial charge is 0.339 e. The van der Waals surface area contributed by atoms with Crippen LogP contribution in [0.25, 0.3) is 0 Å². The SMILES string of the molecule is Cc1cc(CN)nc(N(C)Cc2ccc(Cl)s2)n1. The Labute approximate surface area is 115 Å². The Morgan fingerprint density at radius 2 is 2.17 bits per heavy atom. The molecule has 0 unspecified atom stereocenters. The first-order valence-electron chi connectivity index (χ1n) is 5.58. The first-order valence-corrected chi connectivity index (χ1v) is 6.78. The molecule has 2 aromatic rings. The van der Waals surface area contributed by atoms with Crippen LogP contribution in [-0.4, -0.2) is 17.0 Å². The van der Waals surface area contributed by atoms with Crippen LogP contribution >= 0.6 is 22.9 Å². The Morgan fingerprint density at radius 3 is 2.78 bits per heavy atom. The number of aromatic nitrogens is 2. The molecule has 18 heavy (non-hydrogen) atoms. The van der Waals surface area contributed by atoms with Gasteiger partial charge in [-0.2, -0.15) is 0 Å². The Morgan fingerprint density at radius 1 is 1.39 bits per heavy atom. The highest BCUT2D eigenvalue weighted by Crippen LogP contribution is 2.23. The average Bonchev–Trinajstić information content (AvgIpc) is 2.73. The van der Waals surface area contributed by atoms with Gasteiger partial charge in [-0.15, -0.1) is 11.3 Å². The molecule has 0 amide bonds. The number of anilines is 1. The Bertz CT molecular complexity index is 541. The van der Waals surface area contributed by atoms with Crippen LogP contribution < -0.4 is 10.6 Å². The second-order valence-corrected chi connectivity index (χ2v) is 5.87. The molecule has 2 heterocycles. The minimum Gasteiger partial charge on any atom is -0.339 e. The Balaban J connectivity index is 2.17. The minimum absolute atomic E-state index is 0.426. The maximum atomic E-state index is 5.91. The number of halogens is 1. The van der Waals surface area contributed by atoms with Crippen molar-refractivity contribution >= 4 is 28.9 Å². The molecule has 0 aliphatic rings. The highest BCUT2D eigenvalue weighted by atomic mass is 35.5. The molecule has 96 valence electrons. The zero-order valence-electron chi connectivity index (χ0n) is 10.4. The second-order valence-electron chi connectivity index (χ2n) is 4.07. The van der Waals surface area contributed by atoms with Gasteiger partial charge in [0.1, 0.15) is 0 Å². The third-order valence-electron chi connectivity index (χ3n) is 2.47. The van der Waals surface area contributed by atoms with Crippen molar-refractivity contribution in [1.29, 1.82) is 0 Å². The highest BCUT2D eigenvalue weighted by molar-refractivity contribution is 7.16. The summed E-state index contributed by atoms with van der Waals surface area (Å²) in [4.78, 5) is 12.0. The fourth-order valence-corrected chi connectivity index (χ4v) is 2.77. The summed E-state index contributed by atoms with van der Waals surface area (Å²) in [5, 5.41) is 0. The van der Waals surface area contributed by atoms with Crippen molar-refractivity contribution in [3.8, 4) is 0 Å². The molecule has 2 aromatic heterocycles. The molecule has 0 aliphatic carbocycles. The molecule has 0 bridgehead atoms. The van der Waals surface area contributed by atoms with Crippen LogP contribution in [0.4, 0.5) is 5.95 Å². The van der Waals surface area contributed by atoms with Gasteiger partial charge >= 0.3 is 0 Å². The predicted octanol–water partition coefficient (Wildman–Crippen LogP) is 2.60. The van der Waals surface area contributed by atoms with E-state index in [1.807, 2.05) is 37.1 Å². The molecule has 0 atom stereocenters. The standard InChI is InChI=1S/C12H15ClN4S/c1-8-5-9(6-14)16-12(15-8)17(2)7-10-3-4-11(13)18-10/h3-5H,6-7,14H2,1-2H3. The van der Waals surface area contributed by atoms with Crippen molar-refractivity contribution in [2.75, 3.05) is 11.9 Å². The molecule has 4 nitrogen and oxygen atoms in total. The van der Waals surface area contributed by atoms with E-state index in [-0.39, 0.29) is 0 Å². The molecule has 0 spiro atoms. The van der Waals surface area contributed by atoms with E-state index in [9.17, 15) is 0 Å². The molecular formula is C12H15ClN4S. The van der Waals surface area contributed by atoms with Crippen molar-refractivity contribution in [1.82, 2.24) is 9.97 Å². The lowest BCUT2D eigenvalue weighted by Crippen LogP contribution is -2.20. The van der Waals surface area contributed by atoms with E-state index in [1.54, 1.807) is 11.3 Å². The summed E-state index contributed by atoms with van der Waals surface area (Å²) in [6, 6.07) is 5.82. The average molecular weight is 283 g/mol. The van der Waals surface area contributed by atoms with E-state index < -0.39 is 0 Å². The van der Waals surface area contributed by atoms with Gasteiger partial charge in [-0.1, -0.05) is 11.6 Å². The molecule has 0 saturated carbocycles. The van der Waals surface area contributed by atoms with Crippen LogP contribution in [0.1, 0.15) is 16.3 Å². The van der Waals surface area contributed by atoms with E-state index in [4.69, 9.17) is 17.3 Å². The van der Waals surface area contributed by atoms with Crippen LogP contribution in [0.15, 0.2) is 18.2 Å². The van der Waals surface area contributed by atoms with Gasteiger partial charge in [-0.3, -0.25) is 0 Å². The normalized spacial score (nSPS) is 10.7. The van der Waals surface area contributed by atoms with Gasteiger partial charge < -0.3 is 10.6 Å². The second kappa shape index (κ2) is 5.65. The van der Waals surface area contributed by atoms with E-state index in [0.717, 1.165) is 22.3 Å². The number of thiophene rings is 1. The van der Waals surface area contributed by atoms with Crippen molar-refractivity contribution < 1.29 is 0 Å². The van der Waals surface area contributed by atoms with Crippen LogP contribution in [0.5, 0.6) is 0 Å². The lowest BCUT2D eigenvalue weighted by Gasteiger charge is -2.17. The maximum Gasteiger partial charge on any atom is 0.225 e. The number of hydrogen-bond donors (Lipinski definition) is 1. The van der Waals surface area contributed by atoms with E-state index >= 15 is 0 Å². The molecule has 0 saturated heterocycles. The summed E-state index contributed by atoms with van der Waals surface area (Å²) in [5.41, 5.74) is 7.40. The lowest BCUT2D eigenvalue weighted by molar-refractivity contribution is 0.844. The summed E-state index contributed by atoms with van der Waals surface area (Å²) in [7, 11) is 1.96. The smallest absolute Gasteiger partial charge is 0.225 e. The summed E-state index contributed by atoms with van der Waals surface area (Å²) in [5.74, 6) is 0.694. The molecule has 0 radical (unpaired) electrons. The minimum atomic E-state index is 0.426. The van der Waals surface area contributed by atoms with Gasteiger partial charge in [0.25, 0.3) is 0 Å². The molecule has 2 N–H and O–H groups in total. The van der Waals surface area contributed by atoms with Gasteiger partial charge in [-0.05, 0) is 25.1 Å². The van der Waals surface area contributed by atoms with Gasteiger partial charge in [-0.25, -0.2) is 9.97 Å². The quantitative estimate of drug-likeness (QED) is 0.936. The Kier molecular flexibility index (Phi) is 4.16. The van der Waals surface area contributed by atoms with Gasteiger partial charge in [0, 0.05) is 24.2 Å². The maximum absolute atomic E-state index is 5.91. The molecule has 6 heteroatoms. The van der Waals surface area contributed by atoms with Crippen LogP contribution in [0.3, 0.4) is 0 Å². The van der Waals surface area contributed by atoms with Gasteiger partial charge in [0.05, 0.1) is 16.6 Å². The number of hydrogen-bond acceptors (Lipinski definition) is 5. The third-order valence-corrected chi connectivity index (χ3v) is 3.68. The van der Waals surface area contributed by atoms with Crippen molar-refractivity contribution in [2.45, 2.75) is 20.0 Å². The topological polar surface area (TPSA) is 55.0 Å². The monoisotopic (exact) mass is 282 g/mol. The number of nitrogens with two attached hydrogens (primary N) is 1. The van der Waals surface area contributed by atoms with Gasteiger partial charge in [0.15, 0.2) is 0 Å². The van der Waals surface area contributed by atoms with Crippen molar-refractivity contribution in [3.05, 3.63) is 38.8 Å². The summed E-state index contributed by atoms with van der Waals surface area (Å²) in [6.07, 6.45) is 0. The van der Waals surface area contributed by atoms with Crippen molar-refractivity contribution in [2.24, 2.45) is 5.73 Å². The fraction of sp³-hybridized carbons (Fsp3) is 0.333. The third kappa shape index (κ3) is 3.19. The zero-order valence-corrected chi connectivity index (χ0v) is 11.9. The number of aryl methyl sites for hydroxylation is 1. The fourth-order valence-electron chi connectivity index (χ4n) is 1.63. The van der Waals surface area contributed by atoms with E-state index in [0.29, 0.717) is 12.5 Å².